The topological polar surface area (TPSA) is 67.1 Å². The van der Waals surface area contributed by atoms with E-state index < -0.39 is 0 Å². The van der Waals surface area contributed by atoms with Gasteiger partial charge < -0.3 is 15.2 Å². The molecule has 2 heterocycles. The van der Waals surface area contributed by atoms with E-state index in [9.17, 15) is 0 Å². The molecule has 0 saturated heterocycles. The van der Waals surface area contributed by atoms with Crippen LogP contribution >= 0.6 is 0 Å². The number of nitrogens with one attached hydrogen (secondary N) is 2. The minimum absolute atomic E-state index is 0.593. The van der Waals surface area contributed by atoms with E-state index >= 15 is 0 Å². The molecule has 1 aromatic rings. The van der Waals surface area contributed by atoms with Crippen molar-refractivity contribution in [1.29, 1.82) is 0 Å². The molecule has 0 unspecified atom stereocenters. The molecule has 1 aliphatic rings. The largest absolute Gasteiger partial charge is 0.357 e. The van der Waals surface area contributed by atoms with Gasteiger partial charge in [-0.05, 0) is 26.2 Å². The zero-order chi connectivity index (χ0) is 15.6. The molecule has 0 atom stereocenters. The smallest absolute Gasteiger partial charge is 0.191 e. The molecule has 0 spiro atoms. The normalized spacial score (nSPS) is 15.3. The van der Waals surface area contributed by atoms with Crippen molar-refractivity contribution in [3.63, 3.8) is 0 Å². The van der Waals surface area contributed by atoms with Gasteiger partial charge in [-0.3, -0.25) is 0 Å². The summed E-state index contributed by atoms with van der Waals surface area (Å²) in [6.07, 6.45) is 8.45. The second-order valence-corrected chi connectivity index (χ2v) is 5.82. The maximum absolute atomic E-state index is 4.66. The van der Waals surface area contributed by atoms with Crippen LogP contribution in [-0.2, 0) is 19.5 Å². The first-order valence-electron chi connectivity index (χ1n) is 8.78. The molecular formula is C16H30N6. The maximum Gasteiger partial charge on any atom is 0.191 e. The van der Waals surface area contributed by atoms with Crippen molar-refractivity contribution in [3.8, 4) is 0 Å². The lowest BCUT2D eigenvalue weighted by molar-refractivity contribution is 0.605. The fourth-order valence-electron chi connectivity index (χ4n) is 2.74. The van der Waals surface area contributed by atoms with Crippen molar-refractivity contribution < 1.29 is 0 Å². The number of rotatable bonds is 7. The van der Waals surface area contributed by atoms with E-state index in [0.717, 1.165) is 43.7 Å². The summed E-state index contributed by atoms with van der Waals surface area (Å²) in [5.74, 6) is 3.00. The summed E-state index contributed by atoms with van der Waals surface area (Å²) in [5.41, 5.74) is 0. The summed E-state index contributed by atoms with van der Waals surface area (Å²) >= 11 is 0. The molecule has 0 radical (unpaired) electrons. The highest BCUT2D eigenvalue weighted by Crippen LogP contribution is 2.14. The average Bonchev–Trinajstić information content (AvgIpc) is 2.76. The number of unbranched alkanes of at least 4 members (excludes halogenated alkanes) is 2. The van der Waals surface area contributed by atoms with Crippen LogP contribution < -0.4 is 10.6 Å². The summed E-state index contributed by atoms with van der Waals surface area (Å²) < 4.78 is 2.26. The second kappa shape index (κ2) is 9.43. The lowest BCUT2D eigenvalue weighted by Gasteiger charge is -2.11. The number of aryl methyl sites for hydroxylation is 1. The van der Waals surface area contributed by atoms with Crippen LogP contribution in [0.3, 0.4) is 0 Å². The van der Waals surface area contributed by atoms with Crippen molar-refractivity contribution in [3.05, 3.63) is 11.6 Å². The molecule has 0 bridgehead atoms. The molecule has 2 N–H and O–H groups in total. The van der Waals surface area contributed by atoms with E-state index in [4.69, 9.17) is 0 Å². The molecule has 0 saturated carbocycles. The van der Waals surface area contributed by atoms with Crippen molar-refractivity contribution in [2.24, 2.45) is 4.99 Å². The number of hydrogen-bond acceptors (Lipinski definition) is 3. The molecule has 124 valence electrons. The number of fused-ring (bicyclic) bond motifs is 1. The van der Waals surface area contributed by atoms with Crippen LogP contribution in [0.25, 0.3) is 0 Å². The summed E-state index contributed by atoms with van der Waals surface area (Å²) in [6.45, 7) is 7.78. The number of nitrogens with zero attached hydrogens (tertiary/aromatic N) is 4. The maximum atomic E-state index is 4.66. The minimum atomic E-state index is 0.593. The molecule has 2 rings (SSSR count). The van der Waals surface area contributed by atoms with Crippen LogP contribution in [0.2, 0.25) is 0 Å². The molecule has 1 aromatic heterocycles. The van der Waals surface area contributed by atoms with E-state index in [-0.39, 0.29) is 0 Å². The third kappa shape index (κ3) is 5.00. The molecule has 22 heavy (non-hydrogen) atoms. The first-order valence-corrected chi connectivity index (χ1v) is 8.78. The summed E-state index contributed by atoms with van der Waals surface area (Å²) in [4.78, 5) is 4.66. The average molecular weight is 306 g/mol. The van der Waals surface area contributed by atoms with Gasteiger partial charge in [-0.1, -0.05) is 26.2 Å². The van der Waals surface area contributed by atoms with Crippen LogP contribution in [0.5, 0.6) is 0 Å². The first-order chi connectivity index (χ1) is 10.8. The molecule has 1 aliphatic heterocycles. The lowest BCUT2D eigenvalue weighted by Crippen LogP contribution is -2.37. The highest BCUT2D eigenvalue weighted by atomic mass is 15.3. The van der Waals surface area contributed by atoms with Crippen molar-refractivity contribution in [2.75, 3.05) is 13.1 Å². The van der Waals surface area contributed by atoms with E-state index in [1.54, 1.807) is 0 Å². The number of hydrogen-bond donors (Lipinski definition) is 2. The Bertz CT molecular complexity index is 465. The van der Waals surface area contributed by atoms with Crippen molar-refractivity contribution in [2.45, 2.75) is 71.9 Å². The summed E-state index contributed by atoms with van der Waals surface area (Å²) in [5, 5.41) is 15.3. The van der Waals surface area contributed by atoms with Gasteiger partial charge in [-0.25, -0.2) is 4.99 Å². The Morgan fingerprint density at radius 1 is 1.14 bits per heavy atom. The third-order valence-electron chi connectivity index (χ3n) is 3.98. The zero-order valence-electron chi connectivity index (χ0n) is 14.1. The van der Waals surface area contributed by atoms with Crippen LogP contribution in [0.1, 0.15) is 64.0 Å². The minimum Gasteiger partial charge on any atom is -0.357 e. The fourth-order valence-corrected chi connectivity index (χ4v) is 2.74. The Morgan fingerprint density at radius 2 is 2.05 bits per heavy atom. The molecule has 6 nitrogen and oxygen atoms in total. The summed E-state index contributed by atoms with van der Waals surface area (Å²) in [6, 6.07) is 0. The van der Waals surface area contributed by atoms with E-state index in [0.29, 0.717) is 6.54 Å². The summed E-state index contributed by atoms with van der Waals surface area (Å²) in [7, 11) is 0. The van der Waals surface area contributed by atoms with Crippen molar-refractivity contribution in [1.82, 2.24) is 25.4 Å². The SMILES string of the molecule is CCCCCNC(=NCc1nnc2n1CCCCC2)NCC. The van der Waals surface area contributed by atoms with Gasteiger partial charge in [-0.2, -0.15) is 0 Å². The van der Waals surface area contributed by atoms with Gasteiger partial charge in [-0.15, -0.1) is 10.2 Å². The second-order valence-electron chi connectivity index (χ2n) is 5.82. The Labute approximate surface area is 133 Å². The van der Waals surface area contributed by atoms with Gasteiger partial charge >= 0.3 is 0 Å². The number of guanidine groups is 1. The quantitative estimate of drug-likeness (QED) is 0.460. The number of aliphatic imine (C=N–C) groups is 1. The van der Waals surface area contributed by atoms with Crippen LogP contribution in [-0.4, -0.2) is 33.8 Å². The Balaban J connectivity index is 1.93. The molecule has 0 aliphatic carbocycles. The highest BCUT2D eigenvalue weighted by Gasteiger charge is 2.14. The lowest BCUT2D eigenvalue weighted by atomic mass is 10.2. The van der Waals surface area contributed by atoms with Gasteiger partial charge in [0.15, 0.2) is 11.8 Å². The van der Waals surface area contributed by atoms with E-state index in [1.165, 1.54) is 38.5 Å². The molecular weight excluding hydrogens is 276 g/mol. The molecule has 0 fully saturated rings. The zero-order valence-corrected chi connectivity index (χ0v) is 14.1. The Hall–Kier alpha value is -1.59. The van der Waals surface area contributed by atoms with Crippen LogP contribution in [0, 0.1) is 0 Å². The number of aromatic nitrogens is 3. The van der Waals surface area contributed by atoms with Gasteiger partial charge in [0.05, 0.1) is 0 Å². The Kier molecular flexibility index (Phi) is 7.19. The standard InChI is InChI=1S/C16H30N6/c1-3-5-8-11-18-16(17-4-2)19-13-15-21-20-14-10-7-6-9-12-22(14)15/h3-13H2,1-2H3,(H2,17,18,19). The van der Waals surface area contributed by atoms with E-state index in [2.05, 4.69) is 44.2 Å². The van der Waals surface area contributed by atoms with Gasteiger partial charge in [0.25, 0.3) is 0 Å². The van der Waals surface area contributed by atoms with Crippen molar-refractivity contribution >= 4 is 5.96 Å². The predicted molar refractivity (Wildman–Crippen MR) is 89.9 cm³/mol. The van der Waals surface area contributed by atoms with Crippen LogP contribution in [0.15, 0.2) is 4.99 Å². The Morgan fingerprint density at radius 3 is 2.86 bits per heavy atom. The van der Waals surface area contributed by atoms with E-state index in [1.807, 2.05) is 0 Å². The monoisotopic (exact) mass is 306 g/mol. The highest BCUT2D eigenvalue weighted by molar-refractivity contribution is 5.79. The first kappa shape index (κ1) is 16.8. The van der Waals surface area contributed by atoms with Crippen LogP contribution in [0.4, 0.5) is 0 Å². The predicted octanol–water partition coefficient (Wildman–Crippen LogP) is 2.25. The molecule has 0 amide bonds. The molecule has 6 heteroatoms. The third-order valence-corrected chi connectivity index (χ3v) is 3.98. The van der Waals surface area contributed by atoms with Gasteiger partial charge in [0.2, 0.25) is 0 Å². The van der Waals surface area contributed by atoms with Gasteiger partial charge in [0, 0.05) is 26.1 Å². The molecule has 0 aromatic carbocycles. The fraction of sp³-hybridized carbons (Fsp3) is 0.812. The van der Waals surface area contributed by atoms with Gasteiger partial charge in [0.1, 0.15) is 12.4 Å².